The first-order valence-corrected chi connectivity index (χ1v) is 8.95. The van der Waals surface area contributed by atoms with Crippen LogP contribution in [0.5, 0.6) is 5.75 Å². The van der Waals surface area contributed by atoms with Gasteiger partial charge in [-0.3, -0.25) is 4.79 Å². The molecule has 3 aromatic rings. The maximum Gasteiger partial charge on any atom is 0.228 e. The van der Waals surface area contributed by atoms with Gasteiger partial charge in [0.05, 0.1) is 13.5 Å². The Labute approximate surface area is 151 Å². The molecule has 2 N–H and O–H groups in total. The van der Waals surface area contributed by atoms with Crippen molar-refractivity contribution in [2.75, 3.05) is 17.7 Å². The lowest BCUT2D eigenvalue weighted by molar-refractivity contribution is -0.115. The van der Waals surface area contributed by atoms with Gasteiger partial charge in [0.25, 0.3) is 0 Å². The second-order valence-corrected chi connectivity index (χ2v) is 6.42. The van der Waals surface area contributed by atoms with Crippen molar-refractivity contribution in [2.45, 2.75) is 13.0 Å². The number of rotatable bonds is 7. The number of hydrogen-bond acceptors (Lipinski definition) is 4. The van der Waals surface area contributed by atoms with Crippen molar-refractivity contribution in [2.24, 2.45) is 0 Å². The number of anilines is 2. The van der Waals surface area contributed by atoms with Gasteiger partial charge in [0.15, 0.2) is 0 Å². The average Bonchev–Trinajstić information content (AvgIpc) is 3.15. The Morgan fingerprint density at radius 2 is 1.68 bits per heavy atom. The van der Waals surface area contributed by atoms with Crippen LogP contribution in [0.4, 0.5) is 11.4 Å². The molecule has 0 aliphatic carbocycles. The highest BCUT2D eigenvalue weighted by Crippen LogP contribution is 2.16. The van der Waals surface area contributed by atoms with Crippen LogP contribution in [0.3, 0.4) is 0 Å². The second kappa shape index (κ2) is 8.35. The zero-order chi connectivity index (χ0) is 17.5. The molecule has 0 atom stereocenters. The number of amides is 1. The van der Waals surface area contributed by atoms with Gasteiger partial charge in [-0.05, 0) is 64.4 Å². The molecule has 3 rings (SSSR count). The van der Waals surface area contributed by atoms with Crippen LogP contribution in [0.25, 0.3) is 0 Å². The van der Waals surface area contributed by atoms with Crippen LogP contribution in [-0.2, 0) is 17.8 Å². The maximum absolute atomic E-state index is 12.1. The molecule has 0 fully saturated rings. The molecular weight excluding hydrogens is 332 g/mol. The molecule has 25 heavy (non-hydrogen) atoms. The Morgan fingerprint density at radius 1 is 0.960 bits per heavy atom. The van der Waals surface area contributed by atoms with Crippen LogP contribution in [0, 0.1) is 0 Å². The fourth-order valence-corrected chi connectivity index (χ4v) is 3.07. The van der Waals surface area contributed by atoms with E-state index in [2.05, 4.69) is 27.5 Å². The van der Waals surface area contributed by atoms with E-state index in [0.717, 1.165) is 29.2 Å². The van der Waals surface area contributed by atoms with E-state index in [1.165, 1.54) is 5.56 Å². The lowest BCUT2D eigenvalue weighted by Crippen LogP contribution is -2.14. The standard InChI is InChI=1S/C20H20N2O2S/c1-24-19-8-6-18(7-9-19)22-20(23)12-15-2-4-17(5-3-15)21-13-16-10-11-25-14-16/h2-11,14,21H,12-13H2,1H3,(H,22,23). The lowest BCUT2D eigenvalue weighted by Gasteiger charge is -2.08. The fourth-order valence-electron chi connectivity index (χ4n) is 2.40. The summed E-state index contributed by atoms with van der Waals surface area (Å²) in [5.74, 6) is 0.729. The van der Waals surface area contributed by atoms with Gasteiger partial charge < -0.3 is 15.4 Å². The van der Waals surface area contributed by atoms with Crippen molar-refractivity contribution in [1.82, 2.24) is 0 Å². The fraction of sp³-hybridized carbons (Fsp3) is 0.150. The molecule has 1 amide bonds. The van der Waals surface area contributed by atoms with Crippen molar-refractivity contribution < 1.29 is 9.53 Å². The van der Waals surface area contributed by atoms with Crippen molar-refractivity contribution >= 4 is 28.6 Å². The maximum atomic E-state index is 12.1. The van der Waals surface area contributed by atoms with E-state index in [-0.39, 0.29) is 5.91 Å². The number of methoxy groups -OCH3 is 1. The van der Waals surface area contributed by atoms with Gasteiger partial charge in [-0.15, -0.1) is 0 Å². The minimum Gasteiger partial charge on any atom is -0.497 e. The Hall–Kier alpha value is -2.79. The number of carbonyl (C=O) groups is 1. The second-order valence-electron chi connectivity index (χ2n) is 5.64. The summed E-state index contributed by atoms with van der Waals surface area (Å²) in [6.45, 7) is 0.806. The van der Waals surface area contributed by atoms with Gasteiger partial charge >= 0.3 is 0 Å². The van der Waals surface area contributed by atoms with E-state index in [0.29, 0.717) is 6.42 Å². The number of thiophene rings is 1. The molecule has 0 aliphatic rings. The number of benzene rings is 2. The van der Waals surface area contributed by atoms with E-state index in [1.54, 1.807) is 18.4 Å². The Balaban J connectivity index is 1.50. The molecule has 128 valence electrons. The summed E-state index contributed by atoms with van der Waals surface area (Å²) in [4.78, 5) is 12.1. The molecule has 0 bridgehead atoms. The third-order valence-corrected chi connectivity index (χ3v) is 4.50. The molecule has 0 aliphatic heterocycles. The molecule has 0 saturated carbocycles. The molecule has 1 aromatic heterocycles. The minimum absolute atomic E-state index is 0.0378. The minimum atomic E-state index is -0.0378. The first-order chi connectivity index (χ1) is 12.2. The van der Waals surface area contributed by atoms with Gasteiger partial charge in [0.2, 0.25) is 5.91 Å². The first-order valence-electron chi connectivity index (χ1n) is 8.01. The van der Waals surface area contributed by atoms with Crippen LogP contribution in [-0.4, -0.2) is 13.0 Å². The SMILES string of the molecule is COc1ccc(NC(=O)Cc2ccc(NCc3ccsc3)cc2)cc1. The van der Waals surface area contributed by atoms with E-state index < -0.39 is 0 Å². The molecule has 0 spiro atoms. The molecule has 0 saturated heterocycles. The zero-order valence-corrected chi connectivity index (χ0v) is 14.8. The summed E-state index contributed by atoms with van der Waals surface area (Å²) in [6, 6.07) is 17.4. The molecule has 0 unspecified atom stereocenters. The van der Waals surface area contributed by atoms with Gasteiger partial charge in [-0.1, -0.05) is 12.1 Å². The van der Waals surface area contributed by atoms with Crippen LogP contribution in [0.1, 0.15) is 11.1 Å². The summed E-state index contributed by atoms with van der Waals surface area (Å²) < 4.78 is 5.11. The quantitative estimate of drug-likeness (QED) is 0.656. The summed E-state index contributed by atoms with van der Waals surface area (Å²) >= 11 is 1.70. The average molecular weight is 352 g/mol. The van der Waals surface area contributed by atoms with Crippen LogP contribution in [0.15, 0.2) is 65.4 Å². The summed E-state index contributed by atoms with van der Waals surface area (Å²) in [5, 5.41) is 10.5. The number of ether oxygens (including phenoxy) is 1. The zero-order valence-electron chi connectivity index (χ0n) is 14.0. The van der Waals surface area contributed by atoms with Crippen LogP contribution >= 0.6 is 11.3 Å². The van der Waals surface area contributed by atoms with Gasteiger partial charge in [0, 0.05) is 17.9 Å². The van der Waals surface area contributed by atoms with Crippen LogP contribution < -0.4 is 15.4 Å². The third kappa shape index (κ3) is 5.09. The predicted molar refractivity (Wildman–Crippen MR) is 103 cm³/mol. The first kappa shape index (κ1) is 17.0. The summed E-state index contributed by atoms with van der Waals surface area (Å²) in [5.41, 5.74) is 4.06. The van der Waals surface area contributed by atoms with Gasteiger partial charge in [-0.2, -0.15) is 11.3 Å². The highest BCUT2D eigenvalue weighted by molar-refractivity contribution is 7.07. The highest BCUT2D eigenvalue weighted by Gasteiger charge is 2.05. The Kier molecular flexibility index (Phi) is 5.69. The topological polar surface area (TPSA) is 50.4 Å². The smallest absolute Gasteiger partial charge is 0.228 e. The highest BCUT2D eigenvalue weighted by atomic mass is 32.1. The number of nitrogens with one attached hydrogen (secondary N) is 2. The number of carbonyl (C=O) groups excluding carboxylic acids is 1. The van der Waals surface area contributed by atoms with E-state index in [9.17, 15) is 4.79 Å². The number of hydrogen-bond donors (Lipinski definition) is 2. The van der Waals surface area contributed by atoms with E-state index in [4.69, 9.17) is 4.74 Å². The third-order valence-electron chi connectivity index (χ3n) is 3.77. The van der Waals surface area contributed by atoms with Crippen molar-refractivity contribution in [1.29, 1.82) is 0 Å². The molecule has 2 aromatic carbocycles. The van der Waals surface area contributed by atoms with Crippen molar-refractivity contribution in [3.05, 3.63) is 76.5 Å². The summed E-state index contributed by atoms with van der Waals surface area (Å²) in [7, 11) is 1.62. The van der Waals surface area contributed by atoms with Crippen molar-refractivity contribution in [3.63, 3.8) is 0 Å². The van der Waals surface area contributed by atoms with Crippen LogP contribution in [0.2, 0.25) is 0 Å². The van der Waals surface area contributed by atoms with E-state index >= 15 is 0 Å². The molecule has 1 heterocycles. The van der Waals surface area contributed by atoms with E-state index in [1.807, 2.05) is 48.5 Å². The Bertz CT molecular complexity index is 797. The largest absolute Gasteiger partial charge is 0.497 e. The lowest BCUT2D eigenvalue weighted by atomic mass is 10.1. The summed E-state index contributed by atoms with van der Waals surface area (Å²) in [6.07, 6.45) is 0.344. The van der Waals surface area contributed by atoms with Gasteiger partial charge in [-0.25, -0.2) is 0 Å². The molecule has 4 nitrogen and oxygen atoms in total. The molecular formula is C20H20N2O2S. The van der Waals surface area contributed by atoms with Crippen molar-refractivity contribution in [3.8, 4) is 5.75 Å². The monoisotopic (exact) mass is 352 g/mol. The normalized spacial score (nSPS) is 10.3. The Morgan fingerprint density at radius 3 is 2.32 bits per heavy atom. The molecule has 5 heteroatoms. The predicted octanol–water partition coefficient (Wildman–Crippen LogP) is 4.55. The molecule has 0 radical (unpaired) electrons. The van der Waals surface area contributed by atoms with Gasteiger partial charge in [0.1, 0.15) is 5.75 Å².